The number of aliphatic hydroxyl groups is 7. The second-order valence-electron chi connectivity index (χ2n) is 11.7. The van der Waals surface area contributed by atoms with E-state index < -0.39 is 80.6 Å². The van der Waals surface area contributed by atoms with Crippen molar-refractivity contribution in [2.24, 2.45) is 0 Å². The van der Waals surface area contributed by atoms with Gasteiger partial charge in [0.2, 0.25) is 6.29 Å². The topological polar surface area (TPSA) is 196 Å². The number of carbonyl (C=O) groups excluding carboxylic acids is 1. The van der Waals surface area contributed by atoms with Crippen molar-refractivity contribution in [3.63, 3.8) is 0 Å². The van der Waals surface area contributed by atoms with Gasteiger partial charge in [-0.1, -0.05) is 96.8 Å². The summed E-state index contributed by atoms with van der Waals surface area (Å²) in [6.45, 7) is 0.861. The first-order valence-electron chi connectivity index (χ1n) is 16.0. The summed E-state index contributed by atoms with van der Waals surface area (Å²) in [4.78, 5) is 12.4. The van der Waals surface area contributed by atoms with Crippen LogP contribution in [0.4, 0.5) is 0 Å². The van der Waals surface area contributed by atoms with Crippen molar-refractivity contribution >= 4 is 5.97 Å². The van der Waals surface area contributed by atoms with Gasteiger partial charge in [-0.3, -0.25) is 4.79 Å². The fourth-order valence-corrected chi connectivity index (χ4v) is 5.48. The normalized spacial score (nSPS) is 33.5. The first-order chi connectivity index (χ1) is 20.2. The van der Waals surface area contributed by atoms with Gasteiger partial charge in [0.1, 0.15) is 48.8 Å². The van der Waals surface area contributed by atoms with Crippen LogP contribution in [0.1, 0.15) is 110 Å². The number of aliphatic hydroxyl groups excluding tert-OH is 7. The molecule has 0 aliphatic carbocycles. The van der Waals surface area contributed by atoms with Crippen molar-refractivity contribution in [1.82, 2.24) is 0 Å². The van der Waals surface area contributed by atoms with E-state index in [1.165, 1.54) is 70.6 Å². The van der Waals surface area contributed by atoms with E-state index >= 15 is 0 Å². The molecule has 0 aromatic rings. The van der Waals surface area contributed by atoms with E-state index in [4.69, 9.17) is 18.9 Å². The summed E-state index contributed by atoms with van der Waals surface area (Å²) in [6, 6.07) is 0. The molecule has 0 aromatic carbocycles. The minimum absolute atomic E-state index is 0.121. The van der Waals surface area contributed by atoms with Crippen LogP contribution < -0.4 is 0 Å². The highest BCUT2D eigenvalue weighted by molar-refractivity contribution is 5.69. The van der Waals surface area contributed by atoms with Gasteiger partial charge in [-0.15, -0.1) is 0 Å². The van der Waals surface area contributed by atoms with Crippen molar-refractivity contribution in [2.45, 2.75) is 171 Å². The highest BCUT2D eigenvalue weighted by atomic mass is 16.7. The van der Waals surface area contributed by atoms with Crippen molar-refractivity contribution in [1.29, 1.82) is 0 Å². The van der Waals surface area contributed by atoms with E-state index in [-0.39, 0.29) is 6.42 Å². The molecule has 2 fully saturated rings. The molecule has 2 heterocycles. The average molecular weight is 609 g/mol. The van der Waals surface area contributed by atoms with Crippen molar-refractivity contribution in [2.75, 3.05) is 13.2 Å². The molecule has 2 aliphatic heterocycles. The second kappa shape index (κ2) is 20.9. The highest BCUT2D eigenvalue weighted by Crippen LogP contribution is 2.29. The molecule has 0 saturated carbocycles. The van der Waals surface area contributed by atoms with Gasteiger partial charge in [0.05, 0.1) is 13.2 Å². The lowest BCUT2D eigenvalue weighted by Gasteiger charge is -2.45. The Morgan fingerprint density at radius 1 is 0.571 bits per heavy atom. The third-order valence-corrected chi connectivity index (χ3v) is 8.19. The van der Waals surface area contributed by atoms with Gasteiger partial charge in [-0.25, -0.2) is 0 Å². The Labute approximate surface area is 249 Å². The van der Waals surface area contributed by atoms with Gasteiger partial charge in [-0.05, 0) is 6.42 Å². The van der Waals surface area contributed by atoms with Gasteiger partial charge >= 0.3 is 5.97 Å². The smallest absolute Gasteiger partial charge is 0.308 e. The number of hydrogen-bond acceptors (Lipinski definition) is 12. The standard InChI is InChI=1S/C30H56O12/c1-2-3-4-5-6-7-8-9-10-11-12-13-14-15-16-17-22(33)41-29-27(38)25(36)28(21(19-32)40-29)42-30-26(37)24(35)23(34)20(18-31)39-30/h20-21,23-32,34-38H,2-19H2,1H3/t20-,21-,23-,24+,25-,26-,27-,28-,29+,30-/m1/s1. The van der Waals surface area contributed by atoms with E-state index in [0.29, 0.717) is 6.42 Å². The van der Waals surface area contributed by atoms with E-state index in [2.05, 4.69) is 6.92 Å². The molecule has 0 radical (unpaired) electrons. The van der Waals surface area contributed by atoms with Crippen LogP contribution in [-0.4, -0.2) is 116 Å². The third-order valence-electron chi connectivity index (χ3n) is 8.19. The minimum Gasteiger partial charge on any atom is -0.433 e. The molecule has 0 unspecified atom stereocenters. The van der Waals surface area contributed by atoms with Crippen LogP contribution >= 0.6 is 0 Å². The Morgan fingerprint density at radius 2 is 1.02 bits per heavy atom. The summed E-state index contributed by atoms with van der Waals surface area (Å²) in [5, 5.41) is 70.4. The minimum atomic E-state index is -1.75. The molecule has 10 atom stereocenters. The van der Waals surface area contributed by atoms with Crippen LogP contribution in [0.3, 0.4) is 0 Å². The zero-order valence-corrected chi connectivity index (χ0v) is 25.2. The van der Waals surface area contributed by atoms with Gasteiger partial charge in [0.25, 0.3) is 0 Å². The number of carbonyl (C=O) groups is 1. The Hall–Kier alpha value is -0.930. The molecular weight excluding hydrogens is 552 g/mol. The quantitative estimate of drug-likeness (QED) is 0.0732. The molecule has 12 nitrogen and oxygen atoms in total. The lowest BCUT2D eigenvalue weighted by Crippen LogP contribution is -2.64. The molecule has 42 heavy (non-hydrogen) atoms. The molecule has 248 valence electrons. The molecule has 0 bridgehead atoms. The summed E-state index contributed by atoms with van der Waals surface area (Å²) >= 11 is 0. The Morgan fingerprint density at radius 3 is 1.52 bits per heavy atom. The van der Waals surface area contributed by atoms with Gasteiger partial charge in [-0.2, -0.15) is 0 Å². The molecule has 2 rings (SSSR count). The zero-order valence-electron chi connectivity index (χ0n) is 25.2. The third kappa shape index (κ3) is 12.2. The molecule has 2 saturated heterocycles. The summed E-state index contributed by atoms with van der Waals surface area (Å²) in [7, 11) is 0. The van der Waals surface area contributed by atoms with Crippen LogP contribution in [0.5, 0.6) is 0 Å². The molecule has 2 aliphatic rings. The van der Waals surface area contributed by atoms with Crippen LogP contribution in [0.15, 0.2) is 0 Å². The lowest BCUT2D eigenvalue weighted by molar-refractivity contribution is -0.355. The first kappa shape index (κ1) is 37.3. The summed E-state index contributed by atoms with van der Waals surface area (Å²) in [5.41, 5.74) is 0. The lowest BCUT2D eigenvalue weighted by atomic mass is 9.97. The fourth-order valence-electron chi connectivity index (χ4n) is 5.48. The number of esters is 1. The van der Waals surface area contributed by atoms with Crippen LogP contribution in [0.25, 0.3) is 0 Å². The van der Waals surface area contributed by atoms with Gasteiger partial charge < -0.3 is 54.7 Å². The van der Waals surface area contributed by atoms with Crippen LogP contribution in [-0.2, 0) is 23.7 Å². The Bertz CT molecular complexity index is 708. The van der Waals surface area contributed by atoms with E-state index in [1.54, 1.807) is 0 Å². The maximum Gasteiger partial charge on any atom is 0.308 e. The largest absolute Gasteiger partial charge is 0.433 e. The molecule has 0 spiro atoms. The number of rotatable bonds is 21. The fraction of sp³-hybridized carbons (Fsp3) is 0.967. The summed E-state index contributed by atoms with van der Waals surface area (Å²) in [6.07, 6.45) is 2.52. The molecular formula is C30H56O12. The number of ether oxygens (including phenoxy) is 4. The average Bonchev–Trinajstić information content (AvgIpc) is 2.98. The first-order valence-corrected chi connectivity index (χ1v) is 16.0. The Balaban J connectivity index is 1.62. The van der Waals surface area contributed by atoms with Crippen LogP contribution in [0.2, 0.25) is 0 Å². The van der Waals surface area contributed by atoms with Gasteiger partial charge in [0.15, 0.2) is 6.29 Å². The van der Waals surface area contributed by atoms with Crippen LogP contribution in [0, 0.1) is 0 Å². The second-order valence-corrected chi connectivity index (χ2v) is 11.7. The number of unbranched alkanes of at least 4 members (excludes halogenated alkanes) is 14. The monoisotopic (exact) mass is 608 g/mol. The van der Waals surface area contributed by atoms with Crippen molar-refractivity contribution in [3.05, 3.63) is 0 Å². The van der Waals surface area contributed by atoms with E-state index in [0.717, 1.165) is 19.3 Å². The van der Waals surface area contributed by atoms with Crippen molar-refractivity contribution < 1.29 is 59.5 Å². The predicted molar refractivity (Wildman–Crippen MR) is 152 cm³/mol. The summed E-state index contributed by atoms with van der Waals surface area (Å²) < 4.78 is 21.5. The molecule has 7 N–H and O–H groups in total. The SMILES string of the molecule is CCCCCCCCCCCCCCCCCC(=O)O[C@@H]1O[C@H](CO)[C@@H](O[C@H]2O[C@H](CO)[C@@H](O)[C@H](O)[C@H]2O)[C@H](O)[C@H]1O. The molecule has 12 heteroatoms. The van der Waals surface area contributed by atoms with E-state index in [1.807, 2.05) is 0 Å². The molecule has 0 aromatic heterocycles. The van der Waals surface area contributed by atoms with Crippen molar-refractivity contribution in [3.8, 4) is 0 Å². The van der Waals surface area contributed by atoms with Gasteiger partial charge in [0, 0.05) is 6.42 Å². The number of hydrogen-bond donors (Lipinski definition) is 7. The maximum atomic E-state index is 12.4. The summed E-state index contributed by atoms with van der Waals surface area (Å²) in [5.74, 6) is -0.606. The van der Waals surface area contributed by atoms with E-state index in [9.17, 15) is 40.5 Å². The highest BCUT2D eigenvalue weighted by Gasteiger charge is 2.51. The zero-order chi connectivity index (χ0) is 30.9. The Kier molecular flexibility index (Phi) is 18.6. The molecule has 0 amide bonds. The maximum absolute atomic E-state index is 12.4. The predicted octanol–water partition coefficient (Wildman–Crippen LogP) is 1.42.